The summed E-state index contributed by atoms with van der Waals surface area (Å²) in [5, 5.41) is 13.6. The van der Waals surface area contributed by atoms with Gasteiger partial charge in [0.2, 0.25) is 5.91 Å². The molecule has 1 aliphatic rings. The first-order chi connectivity index (χ1) is 14.0. The van der Waals surface area contributed by atoms with Gasteiger partial charge in [0, 0.05) is 36.5 Å². The summed E-state index contributed by atoms with van der Waals surface area (Å²) in [5.74, 6) is 0.991. The number of hydrogen-bond acceptors (Lipinski definition) is 5. The third-order valence-electron chi connectivity index (χ3n) is 5.34. The van der Waals surface area contributed by atoms with Crippen molar-refractivity contribution in [3.8, 4) is 11.5 Å². The molecule has 0 saturated carbocycles. The van der Waals surface area contributed by atoms with Crippen LogP contribution in [0.25, 0.3) is 0 Å². The van der Waals surface area contributed by atoms with Crippen LogP contribution in [0.1, 0.15) is 47.6 Å². The second-order valence-corrected chi connectivity index (χ2v) is 7.32. The van der Waals surface area contributed by atoms with Crippen LogP contribution in [0, 0.1) is 6.92 Å². The molecule has 2 aromatic rings. The molecule has 0 aliphatic carbocycles. The van der Waals surface area contributed by atoms with Crippen LogP contribution in [-0.4, -0.2) is 23.1 Å². The number of phenolic OH excluding ortho intramolecular Hbond substituents is 1. The van der Waals surface area contributed by atoms with Crippen LogP contribution in [0.3, 0.4) is 0 Å². The van der Waals surface area contributed by atoms with Gasteiger partial charge in [-0.05, 0) is 55.5 Å². The minimum Gasteiger partial charge on any atom is -0.507 e. The number of rotatable bonds is 8. The third-order valence-corrected chi connectivity index (χ3v) is 5.34. The number of methoxy groups -OCH3 is 1. The van der Waals surface area contributed by atoms with Crippen LogP contribution >= 0.6 is 0 Å². The number of allylic oxidation sites excluding steroid dienone is 2. The van der Waals surface area contributed by atoms with Gasteiger partial charge in [0.15, 0.2) is 0 Å². The van der Waals surface area contributed by atoms with Crippen molar-refractivity contribution in [1.82, 2.24) is 10.3 Å². The lowest BCUT2D eigenvalue weighted by atomic mass is 9.95. The molecule has 2 heterocycles. The zero-order valence-electron chi connectivity index (χ0n) is 17.2. The largest absolute Gasteiger partial charge is 0.507 e. The molecule has 6 heteroatoms. The lowest BCUT2D eigenvalue weighted by Gasteiger charge is -2.16. The summed E-state index contributed by atoms with van der Waals surface area (Å²) < 4.78 is 11.1. The first-order valence-corrected chi connectivity index (χ1v) is 9.80. The predicted molar refractivity (Wildman–Crippen MR) is 111 cm³/mol. The molecule has 0 unspecified atom stereocenters. The number of fused-ring (bicyclic) bond motifs is 1. The highest BCUT2D eigenvalue weighted by molar-refractivity contribution is 5.76. The fourth-order valence-corrected chi connectivity index (χ4v) is 3.57. The van der Waals surface area contributed by atoms with E-state index in [0.717, 1.165) is 33.4 Å². The quantitative estimate of drug-likeness (QED) is 0.665. The van der Waals surface area contributed by atoms with Gasteiger partial charge in [-0.1, -0.05) is 11.6 Å². The van der Waals surface area contributed by atoms with Crippen molar-refractivity contribution in [3.05, 3.63) is 64.0 Å². The molecule has 1 amide bonds. The highest BCUT2D eigenvalue weighted by Gasteiger charge is 2.25. The maximum atomic E-state index is 12.1. The molecule has 1 aromatic heterocycles. The van der Waals surface area contributed by atoms with E-state index in [1.807, 2.05) is 26.0 Å². The standard InChI is InChI=1S/C23H28N2O4/c1-15(5-7-21(26)25-12-17-8-10-24-11-9-17)4-6-18-22(27)20-14-29-13-19(20)16(2)23(18)28-3/h4,8-11,27H,5-7,12-14H2,1-3H3,(H,25,26)/b15-4+. The SMILES string of the molecule is COc1c(C)c2c(c(O)c1C/C=C(\C)CCC(=O)NCc1ccncc1)COC2. The number of carbonyl (C=O) groups excluding carboxylic acids is 1. The van der Waals surface area contributed by atoms with Crippen LogP contribution in [0.15, 0.2) is 36.2 Å². The molecule has 0 bridgehead atoms. The van der Waals surface area contributed by atoms with Gasteiger partial charge in [-0.25, -0.2) is 0 Å². The maximum absolute atomic E-state index is 12.1. The van der Waals surface area contributed by atoms with Gasteiger partial charge < -0.3 is 19.9 Å². The fraction of sp³-hybridized carbons (Fsp3) is 0.391. The highest BCUT2D eigenvalue weighted by Crippen LogP contribution is 2.42. The lowest BCUT2D eigenvalue weighted by molar-refractivity contribution is -0.121. The Bertz CT molecular complexity index is 907. The first-order valence-electron chi connectivity index (χ1n) is 9.80. The van der Waals surface area contributed by atoms with Crippen LogP contribution in [0.2, 0.25) is 0 Å². The van der Waals surface area contributed by atoms with Gasteiger partial charge >= 0.3 is 0 Å². The molecule has 154 valence electrons. The van der Waals surface area contributed by atoms with Crippen molar-refractivity contribution in [2.45, 2.75) is 52.9 Å². The predicted octanol–water partition coefficient (Wildman–Crippen LogP) is 3.72. The minimum atomic E-state index is 0.0144. The maximum Gasteiger partial charge on any atom is 0.220 e. The zero-order valence-corrected chi connectivity index (χ0v) is 17.2. The van der Waals surface area contributed by atoms with E-state index in [2.05, 4.69) is 16.4 Å². The number of aromatic nitrogens is 1. The summed E-state index contributed by atoms with van der Waals surface area (Å²) in [5.41, 5.74) is 5.80. The molecule has 0 saturated heterocycles. The molecule has 29 heavy (non-hydrogen) atoms. The second-order valence-electron chi connectivity index (χ2n) is 7.32. The van der Waals surface area contributed by atoms with Crippen LogP contribution < -0.4 is 10.1 Å². The Labute approximate surface area is 171 Å². The summed E-state index contributed by atoms with van der Waals surface area (Å²) in [6.45, 7) is 5.45. The van der Waals surface area contributed by atoms with Crippen molar-refractivity contribution in [1.29, 1.82) is 0 Å². The van der Waals surface area contributed by atoms with E-state index in [1.165, 1.54) is 0 Å². The summed E-state index contributed by atoms with van der Waals surface area (Å²) in [6, 6.07) is 3.77. The Morgan fingerprint density at radius 3 is 2.72 bits per heavy atom. The van der Waals surface area contributed by atoms with Crippen LogP contribution in [-0.2, 0) is 35.7 Å². The Morgan fingerprint density at radius 2 is 2.00 bits per heavy atom. The van der Waals surface area contributed by atoms with Gasteiger partial charge in [-0.3, -0.25) is 9.78 Å². The van der Waals surface area contributed by atoms with Crippen LogP contribution in [0.5, 0.6) is 11.5 Å². The van der Waals surface area contributed by atoms with Gasteiger partial charge in [-0.2, -0.15) is 0 Å². The van der Waals surface area contributed by atoms with E-state index in [0.29, 0.717) is 44.8 Å². The zero-order chi connectivity index (χ0) is 20.8. The number of amides is 1. The highest BCUT2D eigenvalue weighted by atomic mass is 16.5. The van der Waals surface area contributed by atoms with Gasteiger partial charge in [-0.15, -0.1) is 0 Å². The molecule has 1 aliphatic heterocycles. The Kier molecular flexibility index (Phi) is 6.88. The normalized spacial score (nSPS) is 13.3. The van der Waals surface area contributed by atoms with Gasteiger partial charge in [0.25, 0.3) is 0 Å². The number of carbonyl (C=O) groups is 1. The smallest absolute Gasteiger partial charge is 0.220 e. The number of phenols is 1. The third kappa shape index (κ3) is 4.95. The average Bonchev–Trinajstić information content (AvgIpc) is 3.23. The Balaban J connectivity index is 1.59. The van der Waals surface area contributed by atoms with E-state index in [1.54, 1.807) is 19.5 Å². The fourth-order valence-electron chi connectivity index (χ4n) is 3.57. The number of nitrogens with zero attached hydrogens (tertiary/aromatic N) is 1. The summed E-state index contributed by atoms with van der Waals surface area (Å²) >= 11 is 0. The second kappa shape index (κ2) is 9.56. The van der Waals surface area contributed by atoms with E-state index >= 15 is 0 Å². The van der Waals surface area contributed by atoms with Gasteiger partial charge in [0.05, 0.1) is 20.3 Å². The molecular weight excluding hydrogens is 368 g/mol. The van der Waals surface area contributed by atoms with Crippen molar-refractivity contribution >= 4 is 5.91 Å². The van der Waals surface area contributed by atoms with Gasteiger partial charge in [0.1, 0.15) is 11.5 Å². The number of hydrogen-bond donors (Lipinski definition) is 2. The molecule has 0 spiro atoms. The molecule has 0 radical (unpaired) electrons. The molecule has 2 N–H and O–H groups in total. The van der Waals surface area contributed by atoms with Crippen LogP contribution in [0.4, 0.5) is 0 Å². The van der Waals surface area contributed by atoms with Crippen molar-refractivity contribution < 1.29 is 19.4 Å². The molecule has 3 rings (SSSR count). The number of benzene rings is 1. The Morgan fingerprint density at radius 1 is 1.28 bits per heavy atom. The molecular formula is C23H28N2O4. The topological polar surface area (TPSA) is 80.7 Å². The number of nitrogens with one attached hydrogen (secondary N) is 1. The van der Waals surface area contributed by atoms with E-state index < -0.39 is 0 Å². The van der Waals surface area contributed by atoms with E-state index in [9.17, 15) is 9.90 Å². The summed E-state index contributed by atoms with van der Waals surface area (Å²) in [6.07, 6.45) is 7.12. The Hall–Kier alpha value is -2.86. The molecule has 0 fully saturated rings. The lowest BCUT2D eigenvalue weighted by Crippen LogP contribution is -2.22. The number of aromatic hydroxyl groups is 1. The first kappa shape index (κ1) is 20.9. The molecule has 6 nitrogen and oxygen atoms in total. The monoisotopic (exact) mass is 396 g/mol. The van der Waals surface area contributed by atoms with Crippen molar-refractivity contribution in [2.24, 2.45) is 0 Å². The minimum absolute atomic E-state index is 0.0144. The summed E-state index contributed by atoms with van der Waals surface area (Å²) in [4.78, 5) is 16.1. The summed E-state index contributed by atoms with van der Waals surface area (Å²) in [7, 11) is 1.62. The molecule has 0 atom stereocenters. The van der Waals surface area contributed by atoms with Crippen molar-refractivity contribution in [3.63, 3.8) is 0 Å². The van der Waals surface area contributed by atoms with E-state index in [4.69, 9.17) is 9.47 Å². The van der Waals surface area contributed by atoms with Crippen molar-refractivity contribution in [2.75, 3.05) is 7.11 Å². The molecule has 1 aromatic carbocycles. The number of ether oxygens (including phenoxy) is 2. The van der Waals surface area contributed by atoms with E-state index in [-0.39, 0.29) is 11.7 Å². The average molecular weight is 396 g/mol. The number of pyridine rings is 1.